The number of hydroxylamine groups is 1. The molecule has 2 aliphatic heterocycles. The number of ether oxygens (including phenoxy) is 1. The van der Waals surface area contributed by atoms with Crippen LogP contribution >= 0.6 is 0 Å². The highest BCUT2D eigenvalue weighted by atomic mass is 19.1. The molecule has 0 aromatic heterocycles. The van der Waals surface area contributed by atoms with Crippen LogP contribution in [0.3, 0.4) is 0 Å². The zero-order valence-electron chi connectivity index (χ0n) is 8.91. The van der Waals surface area contributed by atoms with Crippen LogP contribution < -0.4 is 5.48 Å². The van der Waals surface area contributed by atoms with E-state index in [1.54, 1.807) is 6.07 Å². The van der Waals surface area contributed by atoms with Gasteiger partial charge in [-0.25, -0.2) is 4.39 Å². The summed E-state index contributed by atoms with van der Waals surface area (Å²) in [6.45, 7) is 1.84. The Morgan fingerprint density at radius 1 is 1.31 bits per heavy atom. The summed E-state index contributed by atoms with van der Waals surface area (Å²) in [6, 6.07) is 6.89. The minimum Gasteiger partial charge on any atom is -0.381 e. The van der Waals surface area contributed by atoms with Crippen LogP contribution in [-0.4, -0.2) is 19.8 Å². The Morgan fingerprint density at radius 2 is 2.19 bits per heavy atom. The van der Waals surface area contributed by atoms with Gasteiger partial charge >= 0.3 is 0 Å². The summed E-state index contributed by atoms with van der Waals surface area (Å²) < 4.78 is 19.3. The molecule has 2 atom stereocenters. The van der Waals surface area contributed by atoms with Gasteiger partial charge in [-0.3, -0.25) is 0 Å². The fourth-order valence-electron chi connectivity index (χ4n) is 2.63. The molecule has 0 bridgehead atoms. The summed E-state index contributed by atoms with van der Waals surface area (Å²) >= 11 is 0. The zero-order chi connectivity index (χ0) is 11.0. The summed E-state index contributed by atoms with van der Waals surface area (Å²) in [7, 11) is 0. The Hall–Kier alpha value is -0.970. The van der Waals surface area contributed by atoms with Crippen LogP contribution in [0.15, 0.2) is 24.3 Å². The Morgan fingerprint density at radius 3 is 3.06 bits per heavy atom. The van der Waals surface area contributed by atoms with Crippen LogP contribution in [0.25, 0.3) is 0 Å². The predicted octanol–water partition coefficient (Wildman–Crippen LogP) is 1.59. The minimum absolute atomic E-state index is 0.174. The number of nitrogens with one attached hydrogen (secondary N) is 1. The molecule has 16 heavy (non-hydrogen) atoms. The number of fused-ring (bicyclic) bond motifs is 1. The van der Waals surface area contributed by atoms with Crippen LogP contribution in [0.2, 0.25) is 0 Å². The SMILES string of the molecule is Fc1ccccc1[C@@]12CCOC[C@H]1CON2. The molecule has 2 fully saturated rings. The highest BCUT2D eigenvalue weighted by molar-refractivity contribution is 5.28. The van der Waals surface area contributed by atoms with E-state index < -0.39 is 5.54 Å². The lowest BCUT2D eigenvalue weighted by Gasteiger charge is -2.37. The van der Waals surface area contributed by atoms with Crippen molar-refractivity contribution in [3.63, 3.8) is 0 Å². The van der Waals surface area contributed by atoms with Crippen molar-refractivity contribution in [2.45, 2.75) is 12.0 Å². The van der Waals surface area contributed by atoms with Gasteiger partial charge in [0, 0.05) is 18.1 Å². The Balaban J connectivity index is 2.05. The summed E-state index contributed by atoms with van der Waals surface area (Å²) in [5.41, 5.74) is 3.31. The van der Waals surface area contributed by atoms with Crippen LogP contribution in [0.1, 0.15) is 12.0 Å². The van der Waals surface area contributed by atoms with E-state index in [0.29, 0.717) is 25.4 Å². The average Bonchev–Trinajstić information content (AvgIpc) is 2.74. The lowest BCUT2D eigenvalue weighted by Crippen LogP contribution is -2.48. The number of hydrogen-bond donors (Lipinski definition) is 1. The smallest absolute Gasteiger partial charge is 0.128 e. The molecule has 0 radical (unpaired) electrons. The molecule has 2 saturated heterocycles. The van der Waals surface area contributed by atoms with Crippen molar-refractivity contribution in [2.24, 2.45) is 5.92 Å². The van der Waals surface area contributed by atoms with Crippen molar-refractivity contribution >= 4 is 0 Å². The topological polar surface area (TPSA) is 30.5 Å². The fourth-order valence-corrected chi connectivity index (χ4v) is 2.63. The third kappa shape index (κ3) is 1.38. The van der Waals surface area contributed by atoms with Gasteiger partial charge in [-0.05, 0) is 12.5 Å². The molecule has 0 amide bonds. The molecule has 1 aromatic carbocycles. The van der Waals surface area contributed by atoms with E-state index in [1.165, 1.54) is 6.07 Å². The molecule has 2 heterocycles. The molecule has 3 nitrogen and oxygen atoms in total. The molecular weight excluding hydrogens is 209 g/mol. The van der Waals surface area contributed by atoms with E-state index >= 15 is 0 Å². The number of hydrogen-bond acceptors (Lipinski definition) is 3. The highest BCUT2D eigenvalue weighted by Crippen LogP contribution is 2.41. The van der Waals surface area contributed by atoms with Crippen molar-refractivity contribution in [1.29, 1.82) is 0 Å². The minimum atomic E-state index is -0.399. The van der Waals surface area contributed by atoms with Gasteiger partial charge < -0.3 is 9.57 Å². The van der Waals surface area contributed by atoms with Crippen molar-refractivity contribution in [1.82, 2.24) is 5.48 Å². The molecule has 1 N–H and O–H groups in total. The van der Waals surface area contributed by atoms with E-state index in [9.17, 15) is 4.39 Å². The molecule has 86 valence electrons. The number of benzene rings is 1. The first-order valence-corrected chi connectivity index (χ1v) is 5.55. The van der Waals surface area contributed by atoms with Gasteiger partial charge in [-0.1, -0.05) is 18.2 Å². The van der Waals surface area contributed by atoms with Gasteiger partial charge in [-0.15, -0.1) is 0 Å². The maximum Gasteiger partial charge on any atom is 0.128 e. The van der Waals surface area contributed by atoms with Crippen molar-refractivity contribution in [2.75, 3.05) is 19.8 Å². The largest absolute Gasteiger partial charge is 0.381 e. The molecule has 1 aromatic rings. The Bertz CT molecular complexity index is 398. The molecule has 0 spiro atoms. The normalized spacial score (nSPS) is 33.7. The molecule has 0 unspecified atom stereocenters. The molecule has 3 rings (SSSR count). The quantitative estimate of drug-likeness (QED) is 0.784. The summed E-state index contributed by atoms with van der Waals surface area (Å²) in [4.78, 5) is 5.31. The summed E-state index contributed by atoms with van der Waals surface area (Å²) in [6.07, 6.45) is 0.749. The van der Waals surface area contributed by atoms with Crippen LogP contribution in [0.5, 0.6) is 0 Å². The fraction of sp³-hybridized carbons (Fsp3) is 0.500. The average molecular weight is 223 g/mol. The monoisotopic (exact) mass is 223 g/mol. The summed E-state index contributed by atoms with van der Waals surface area (Å²) in [5.74, 6) is 0.0190. The van der Waals surface area contributed by atoms with Gasteiger partial charge in [0.2, 0.25) is 0 Å². The van der Waals surface area contributed by atoms with Crippen molar-refractivity contribution < 1.29 is 14.0 Å². The van der Waals surface area contributed by atoms with Gasteiger partial charge in [0.25, 0.3) is 0 Å². The second-order valence-corrected chi connectivity index (χ2v) is 4.39. The van der Waals surface area contributed by atoms with Gasteiger partial charge in [-0.2, -0.15) is 5.48 Å². The second-order valence-electron chi connectivity index (χ2n) is 4.39. The van der Waals surface area contributed by atoms with Crippen LogP contribution in [-0.2, 0) is 15.1 Å². The number of rotatable bonds is 1. The first kappa shape index (κ1) is 10.2. The second kappa shape index (κ2) is 3.80. The summed E-state index contributed by atoms with van der Waals surface area (Å²) in [5, 5.41) is 0. The predicted molar refractivity (Wildman–Crippen MR) is 56.1 cm³/mol. The van der Waals surface area contributed by atoms with E-state index in [4.69, 9.17) is 9.57 Å². The van der Waals surface area contributed by atoms with E-state index in [0.717, 1.165) is 6.42 Å². The lowest BCUT2D eigenvalue weighted by molar-refractivity contribution is -0.00193. The van der Waals surface area contributed by atoms with Gasteiger partial charge in [0.15, 0.2) is 0 Å². The maximum absolute atomic E-state index is 13.9. The third-order valence-electron chi connectivity index (χ3n) is 3.55. The lowest BCUT2D eigenvalue weighted by atomic mass is 9.76. The maximum atomic E-state index is 13.9. The number of halogens is 1. The van der Waals surface area contributed by atoms with E-state index in [2.05, 4.69) is 5.48 Å². The van der Waals surface area contributed by atoms with E-state index in [-0.39, 0.29) is 11.7 Å². The third-order valence-corrected chi connectivity index (χ3v) is 3.55. The Labute approximate surface area is 93.5 Å². The van der Waals surface area contributed by atoms with Gasteiger partial charge in [0.05, 0.1) is 18.8 Å². The zero-order valence-corrected chi connectivity index (χ0v) is 8.91. The van der Waals surface area contributed by atoms with Crippen LogP contribution in [0, 0.1) is 11.7 Å². The van der Waals surface area contributed by atoms with Crippen molar-refractivity contribution in [3.05, 3.63) is 35.6 Å². The van der Waals surface area contributed by atoms with E-state index in [1.807, 2.05) is 12.1 Å². The molecular formula is C12H14FNO2. The first-order chi connectivity index (χ1) is 7.83. The van der Waals surface area contributed by atoms with Gasteiger partial charge in [0.1, 0.15) is 5.82 Å². The molecule has 0 saturated carbocycles. The molecule has 4 heteroatoms. The molecule has 2 aliphatic rings. The Kier molecular flexibility index (Phi) is 2.42. The highest BCUT2D eigenvalue weighted by Gasteiger charge is 2.48. The molecule has 0 aliphatic carbocycles. The van der Waals surface area contributed by atoms with Crippen molar-refractivity contribution in [3.8, 4) is 0 Å². The van der Waals surface area contributed by atoms with Crippen LogP contribution in [0.4, 0.5) is 4.39 Å². The standard InChI is InChI=1S/C12H14FNO2/c13-11-4-2-1-3-10(11)12-5-6-15-7-9(12)8-16-14-12/h1-4,9,14H,5-8H2/t9-,12+/m0/s1. The first-order valence-electron chi connectivity index (χ1n) is 5.55.